The van der Waals surface area contributed by atoms with Crippen LogP contribution in [0.1, 0.15) is 25.1 Å². The molecule has 0 bridgehead atoms. The van der Waals surface area contributed by atoms with E-state index in [-0.39, 0.29) is 6.42 Å². The highest BCUT2D eigenvalue weighted by Gasteiger charge is 2.11. The summed E-state index contributed by atoms with van der Waals surface area (Å²) < 4.78 is 2.12. The molecule has 0 fully saturated rings. The van der Waals surface area contributed by atoms with Gasteiger partial charge in [-0.1, -0.05) is 12.2 Å². The number of aromatic nitrogens is 2. The van der Waals surface area contributed by atoms with Crippen LogP contribution in [-0.4, -0.2) is 45.5 Å². The fourth-order valence-electron chi connectivity index (χ4n) is 2.96. The van der Waals surface area contributed by atoms with E-state index in [4.69, 9.17) is 33.4 Å². The number of anilines is 1. The first-order valence-electron chi connectivity index (χ1n) is 9.00. The maximum Gasteiger partial charge on any atom is 0.247 e. The molecule has 0 radical (unpaired) electrons. The molecule has 1 aromatic heterocycles. The number of fused-ring (bicyclic) bond motifs is 1. The second-order valence-corrected chi connectivity index (χ2v) is 6.98. The first-order valence-corrected chi connectivity index (χ1v) is 10.1. The molecule has 0 saturated heterocycles. The Kier molecular flexibility index (Phi) is 8.91. The predicted molar refractivity (Wildman–Crippen MR) is 111 cm³/mol. The number of imidazole rings is 1. The van der Waals surface area contributed by atoms with Crippen molar-refractivity contribution in [2.24, 2.45) is 7.05 Å². The highest BCUT2D eigenvalue weighted by Crippen LogP contribution is 2.23. The molecule has 2 aromatic rings. The molecule has 27 heavy (non-hydrogen) atoms. The molecular formula is C19H26Cl2N4O2. The van der Waals surface area contributed by atoms with Crippen LogP contribution in [0.2, 0.25) is 0 Å². The van der Waals surface area contributed by atoms with Crippen molar-refractivity contribution >= 4 is 45.8 Å². The summed E-state index contributed by atoms with van der Waals surface area (Å²) in [4.78, 5) is 17.9. The van der Waals surface area contributed by atoms with Crippen molar-refractivity contribution in [1.29, 1.82) is 0 Å². The summed E-state index contributed by atoms with van der Waals surface area (Å²) in [5.41, 5.74) is 4.76. The van der Waals surface area contributed by atoms with Gasteiger partial charge in [-0.05, 0) is 31.0 Å². The van der Waals surface area contributed by atoms with E-state index in [9.17, 15) is 4.79 Å². The molecule has 0 aliphatic carbocycles. The summed E-state index contributed by atoms with van der Waals surface area (Å²) >= 11 is 11.8. The van der Waals surface area contributed by atoms with E-state index < -0.39 is 5.91 Å². The van der Waals surface area contributed by atoms with Crippen molar-refractivity contribution in [3.05, 3.63) is 36.2 Å². The number of nitrogens with one attached hydrogen (secondary N) is 1. The molecule has 8 heteroatoms. The van der Waals surface area contributed by atoms with Crippen LogP contribution in [0.3, 0.4) is 0 Å². The molecule has 2 N–H and O–H groups in total. The number of amides is 1. The third kappa shape index (κ3) is 6.13. The maximum atomic E-state index is 10.9. The van der Waals surface area contributed by atoms with Crippen molar-refractivity contribution in [3.63, 3.8) is 0 Å². The third-order valence-corrected chi connectivity index (χ3v) is 4.73. The van der Waals surface area contributed by atoms with Crippen LogP contribution < -0.4 is 10.4 Å². The number of allylic oxidation sites excluding steroid dienone is 1. The Labute approximate surface area is 169 Å². The van der Waals surface area contributed by atoms with Crippen LogP contribution >= 0.6 is 23.2 Å². The number of rotatable bonds is 11. The fourth-order valence-corrected chi connectivity index (χ4v) is 3.37. The highest BCUT2D eigenvalue weighted by molar-refractivity contribution is 6.18. The zero-order valence-electron chi connectivity index (χ0n) is 15.5. The topological polar surface area (TPSA) is 70.4 Å². The number of alkyl halides is 2. The van der Waals surface area contributed by atoms with Crippen molar-refractivity contribution in [2.75, 3.05) is 29.7 Å². The minimum atomic E-state index is -0.408. The fraction of sp³-hybridized carbons (Fsp3) is 0.474. The summed E-state index contributed by atoms with van der Waals surface area (Å²) in [6.07, 6.45) is 6.54. The Morgan fingerprint density at radius 1 is 1.30 bits per heavy atom. The SMILES string of the molecule is Cn1c(CCC/C=C/CC(=O)NO)nc2cc(N(CCCl)CCCl)ccc21. The Morgan fingerprint density at radius 2 is 2.04 bits per heavy atom. The molecule has 1 amide bonds. The van der Waals surface area contributed by atoms with Crippen molar-refractivity contribution in [1.82, 2.24) is 15.0 Å². The van der Waals surface area contributed by atoms with Crippen LogP contribution in [0.4, 0.5) is 5.69 Å². The molecule has 1 heterocycles. The van der Waals surface area contributed by atoms with Crippen LogP contribution in [0.5, 0.6) is 0 Å². The highest BCUT2D eigenvalue weighted by atomic mass is 35.5. The van der Waals surface area contributed by atoms with Gasteiger partial charge in [0.15, 0.2) is 0 Å². The largest absolute Gasteiger partial charge is 0.369 e. The molecule has 0 aliphatic heterocycles. The van der Waals surface area contributed by atoms with Gasteiger partial charge in [-0.3, -0.25) is 10.0 Å². The van der Waals surface area contributed by atoms with Gasteiger partial charge in [0.2, 0.25) is 5.91 Å². The van der Waals surface area contributed by atoms with E-state index >= 15 is 0 Å². The molecule has 0 aliphatic rings. The molecule has 0 atom stereocenters. The Hall–Kier alpha value is -1.76. The molecule has 0 spiro atoms. The number of carbonyl (C=O) groups is 1. The van der Waals surface area contributed by atoms with E-state index in [2.05, 4.69) is 27.7 Å². The first-order chi connectivity index (χ1) is 13.1. The average molecular weight is 413 g/mol. The number of hydrogen-bond acceptors (Lipinski definition) is 4. The summed E-state index contributed by atoms with van der Waals surface area (Å²) in [7, 11) is 2.03. The number of hydroxylamine groups is 1. The van der Waals surface area contributed by atoms with Gasteiger partial charge in [-0.2, -0.15) is 0 Å². The lowest BCUT2D eigenvalue weighted by Gasteiger charge is -2.22. The molecule has 0 saturated carbocycles. The number of carbonyl (C=O) groups excluding carboxylic acids is 1. The normalized spacial score (nSPS) is 11.4. The van der Waals surface area contributed by atoms with Gasteiger partial charge in [0, 0.05) is 50.4 Å². The minimum absolute atomic E-state index is 0.187. The van der Waals surface area contributed by atoms with Gasteiger partial charge >= 0.3 is 0 Å². The van der Waals surface area contributed by atoms with Gasteiger partial charge in [-0.15, -0.1) is 23.2 Å². The van der Waals surface area contributed by atoms with E-state index in [1.165, 1.54) is 0 Å². The zero-order chi connectivity index (χ0) is 19.6. The predicted octanol–water partition coefficient (Wildman–Crippen LogP) is 3.63. The van der Waals surface area contributed by atoms with Gasteiger partial charge in [0.05, 0.1) is 11.0 Å². The lowest BCUT2D eigenvalue weighted by atomic mass is 10.2. The molecule has 6 nitrogen and oxygen atoms in total. The van der Waals surface area contributed by atoms with E-state index in [0.29, 0.717) is 11.8 Å². The number of unbranched alkanes of at least 4 members (excludes halogenated alkanes) is 1. The monoisotopic (exact) mass is 412 g/mol. The second kappa shape index (κ2) is 11.2. The molecular weight excluding hydrogens is 387 g/mol. The summed E-state index contributed by atoms with van der Waals surface area (Å²) in [5.74, 6) is 1.73. The summed E-state index contributed by atoms with van der Waals surface area (Å²) in [5, 5.41) is 8.44. The number of benzene rings is 1. The van der Waals surface area contributed by atoms with Crippen molar-refractivity contribution < 1.29 is 10.0 Å². The van der Waals surface area contributed by atoms with Crippen LogP contribution in [0, 0.1) is 0 Å². The molecule has 0 unspecified atom stereocenters. The zero-order valence-corrected chi connectivity index (χ0v) is 17.0. The molecule has 1 aromatic carbocycles. The summed E-state index contributed by atoms with van der Waals surface area (Å²) in [6, 6.07) is 6.26. The number of halogens is 2. The van der Waals surface area contributed by atoms with Gasteiger partial charge in [0.25, 0.3) is 0 Å². The van der Waals surface area contributed by atoms with E-state index in [1.807, 2.05) is 13.1 Å². The van der Waals surface area contributed by atoms with Crippen LogP contribution in [0.15, 0.2) is 30.4 Å². The van der Waals surface area contributed by atoms with E-state index in [1.54, 1.807) is 11.6 Å². The number of hydrogen-bond donors (Lipinski definition) is 2. The van der Waals surface area contributed by atoms with Crippen molar-refractivity contribution in [3.8, 4) is 0 Å². The first kappa shape index (κ1) is 21.5. The number of aryl methyl sites for hydroxylation is 2. The van der Waals surface area contributed by atoms with Gasteiger partial charge in [0.1, 0.15) is 5.82 Å². The summed E-state index contributed by atoms with van der Waals surface area (Å²) in [6.45, 7) is 1.50. The van der Waals surface area contributed by atoms with Crippen LogP contribution in [-0.2, 0) is 18.3 Å². The standard InChI is InChI=1S/C19H26Cl2N4O2/c1-24-17-9-8-15(25(12-10-20)13-11-21)14-16(17)22-18(24)6-4-2-3-5-7-19(26)23-27/h3,5,8-9,14,27H,2,4,6-7,10-13H2,1H3,(H,23,26)/b5-3+. The Balaban J connectivity index is 2.02. The average Bonchev–Trinajstić information content (AvgIpc) is 2.99. The smallest absolute Gasteiger partial charge is 0.247 e. The number of nitrogens with zero attached hydrogens (tertiary/aromatic N) is 3. The second-order valence-electron chi connectivity index (χ2n) is 6.23. The van der Waals surface area contributed by atoms with Crippen molar-refractivity contribution in [2.45, 2.75) is 25.7 Å². The molecule has 148 valence electrons. The maximum absolute atomic E-state index is 10.9. The lowest BCUT2D eigenvalue weighted by Crippen LogP contribution is -2.27. The van der Waals surface area contributed by atoms with Gasteiger partial charge < -0.3 is 9.47 Å². The Morgan fingerprint density at radius 3 is 2.70 bits per heavy atom. The quantitative estimate of drug-likeness (QED) is 0.194. The van der Waals surface area contributed by atoms with Gasteiger partial charge in [-0.25, -0.2) is 10.5 Å². The minimum Gasteiger partial charge on any atom is -0.369 e. The lowest BCUT2D eigenvalue weighted by molar-refractivity contribution is -0.128. The molecule has 2 rings (SSSR count). The van der Waals surface area contributed by atoms with E-state index in [0.717, 1.165) is 54.9 Å². The van der Waals surface area contributed by atoms with Crippen LogP contribution in [0.25, 0.3) is 11.0 Å². The Bertz CT molecular complexity index is 770. The third-order valence-electron chi connectivity index (χ3n) is 4.40.